The predicted molar refractivity (Wildman–Crippen MR) is 60.1 cm³/mol. The minimum Gasteiger partial charge on any atom is -0.333 e. The minimum atomic E-state index is 0.345. The molecule has 3 rings (SSSR count). The fraction of sp³-hybridized carbons (Fsp3) is 0. The molecule has 6 nitrogen and oxygen atoms in total. The standard InChI is InChI=1S/C10H6ClN5O/c11-7-4-2-1-3-6(7)10-14-9(16-17-10)8-12-5-13-15-8/h1-5H,(H,12,13,15). The molecule has 0 saturated carbocycles. The Morgan fingerprint density at radius 1 is 1.24 bits per heavy atom. The number of halogens is 1. The van der Waals surface area contributed by atoms with Crippen LogP contribution in [0.25, 0.3) is 23.1 Å². The fourth-order valence-electron chi connectivity index (χ4n) is 1.38. The largest absolute Gasteiger partial charge is 0.333 e. The van der Waals surface area contributed by atoms with Gasteiger partial charge in [-0.2, -0.15) is 10.1 Å². The van der Waals surface area contributed by atoms with Gasteiger partial charge in [-0.3, -0.25) is 5.10 Å². The van der Waals surface area contributed by atoms with Crippen LogP contribution in [0, 0.1) is 0 Å². The molecule has 0 spiro atoms. The van der Waals surface area contributed by atoms with Gasteiger partial charge in [0.1, 0.15) is 6.33 Å². The van der Waals surface area contributed by atoms with Crippen molar-refractivity contribution in [3.8, 4) is 23.1 Å². The minimum absolute atomic E-state index is 0.345. The van der Waals surface area contributed by atoms with Crippen molar-refractivity contribution >= 4 is 11.6 Å². The Morgan fingerprint density at radius 2 is 2.12 bits per heavy atom. The smallest absolute Gasteiger partial charge is 0.259 e. The van der Waals surface area contributed by atoms with E-state index in [0.717, 1.165) is 0 Å². The molecule has 0 radical (unpaired) electrons. The van der Waals surface area contributed by atoms with E-state index in [4.69, 9.17) is 16.1 Å². The average Bonchev–Trinajstić information content (AvgIpc) is 3.00. The molecule has 2 aromatic heterocycles. The summed E-state index contributed by atoms with van der Waals surface area (Å²) < 4.78 is 5.12. The Hall–Kier alpha value is -2.21. The Morgan fingerprint density at radius 3 is 2.88 bits per heavy atom. The Balaban J connectivity index is 2.04. The molecule has 0 saturated heterocycles. The molecule has 0 aliphatic carbocycles. The number of nitrogens with zero attached hydrogens (tertiary/aromatic N) is 4. The predicted octanol–water partition coefficient (Wildman–Crippen LogP) is 2.18. The first-order chi connectivity index (χ1) is 8.34. The van der Waals surface area contributed by atoms with Crippen molar-refractivity contribution in [3.63, 3.8) is 0 Å². The van der Waals surface area contributed by atoms with Gasteiger partial charge < -0.3 is 4.52 Å². The van der Waals surface area contributed by atoms with E-state index < -0.39 is 0 Å². The number of H-pyrrole nitrogens is 1. The number of aromatic amines is 1. The molecule has 84 valence electrons. The van der Waals surface area contributed by atoms with Crippen LogP contribution in [0.5, 0.6) is 0 Å². The van der Waals surface area contributed by atoms with Gasteiger partial charge in [0.2, 0.25) is 5.82 Å². The second kappa shape index (κ2) is 3.99. The van der Waals surface area contributed by atoms with Crippen molar-refractivity contribution in [1.82, 2.24) is 25.3 Å². The van der Waals surface area contributed by atoms with E-state index in [1.165, 1.54) is 6.33 Å². The zero-order valence-corrected chi connectivity index (χ0v) is 9.22. The molecule has 0 aliphatic heterocycles. The molecule has 0 atom stereocenters. The van der Waals surface area contributed by atoms with E-state index in [9.17, 15) is 0 Å². The van der Waals surface area contributed by atoms with Crippen LogP contribution in [0.4, 0.5) is 0 Å². The number of nitrogens with one attached hydrogen (secondary N) is 1. The molecule has 3 aromatic rings. The van der Waals surface area contributed by atoms with E-state index in [1.54, 1.807) is 12.1 Å². The highest BCUT2D eigenvalue weighted by atomic mass is 35.5. The highest BCUT2D eigenvalue weighted by Gasteiger charge is 2.14. The van der Waals surface area contributed by atoms with Crippen molar-refractivity contribution in [3.05, 3.63) is 35.6 Å². The Bertz CT molecular complexity index is 634. The second-order valence-corrected chi connectivity index (χ2v) is 3.64. The van der Waals surface area contributed by atoms with Crippen LogP contribution in [-0.4, -0.2) is 25.3 Å². The zero-order chi connectivity index (χ0) is 11.7. The lowest BCUT2D eigenvalue weighted by atomic mass is 10.2. The maximum Gasteiger partial charge on any atom is 0.259 e. The first kappa shape index (κ1) is 9.98. The number of aromatic nitrogens is 5. The van der Waals surface area contributed by atoms with Gasteiger partial charge in [-0.05, 0) is 12.1 Å². The summed E-state index contributed by atoms with van der Waals surface area (Å²) in [5, 5.41) is 10.7. The average molecular weight is 248 g/mol. The van der Waals surface area contributed by atoms with Crippen molar-refractivity contribution in [2.24, 2.45) is 0 Å². The van der Waals surface area contributed by atoms with E-state index >= 15 is 0 Å². The van der Waals surface area contributed by atoms with Gasteiger partial charge in [0.25, 0.3) is 5.89 Å². The molecule has 0 fully saturated rings. The van der Waals surface area contributed by atoms with Gasteiger partial charge in [-0.1, -0.05) is 28.9 Å². The lowest BCUT2D eigenvalue weighted by Crippen LogP contribution is -1.84. The number of benzene rings is 1. The van der Waals surface area contributed by atoms with Crippen molar-refractivity contribution in [2.75, 3.05) is 0 Å². The quantitative estimate of drug-likeness (QED) is 0.751. The summed E-state index contributed by atoms with van der Waals surface area (Å²) in [6.07, 6.45) is 1.38. The summed E-state index contributed by atoms with van der Waals surface area (Å²) >= 11 is 6.03. The lowest BCUT2D eigenvalue weighted by molar-refractivity contribution is 0.432. The van der Waals surface area contributed by atoms with Crippen LogP contribution < -0.4 is 0 Å². The normalized spacial score (nSPS) is 10.6. The van der Waals surface area contributed by atoms with Crippen LogP contribution in [0.15, 0.2) is 35.1 Å². The monoisotopic (exact) mass is 247 g/mol. The number of hydrogen-bond donors (Lipinski definition) is 1. The molecular weight excluding hydrogens is 242 g/mol. The lowest BCUT2D eigenvalue weighted by Gasteiger charge is -1.95. The van der Waals surface area contributed by atoms with Crippen LogP contribution in [0.2, 0.25) is 5.02 Å². The van der Waals surface area contributed by atoms with Crippen LogP contribution >= 0.6 is 11.6 Å². The summed E-state index contributed by atoms with van der Waals surface area (Å²) in [4.78, 5) is 8.12. The number of rotatable bonds is 2. The third-order valence-corrected chi connectivity index (χ3v) is 2.49. The molecule has 0 amide bonds. The summed E-state index contributed by atoms with van der Waals surface area (Å²) in [5.74, 6) is 1.14. The van der Waals surface area contributed by atoms with Gasteiger partial charge in [-0.25, -0.2) is 4.98 Å². The second-order valence-electron chi connectivity index (χ2n) is 3.24. The highest BCUT2D eigenvalue weighted by Crippen LogP contribution is 2.26. The van der Waals surface area contributed by atoms with Gasteiger partial charge in [0.15, 0.2) is 5.82 Å². The molecule has 17 heavy (non-hydrogen) atoms. The van der Waals surface area contributed by atoms with Crippen molar-refractivity contribution in [2.45, 2.75) is 0 Å². The fourth-order valence-corrected chi connectivity index (χ4v) is 1.59. The molecular formula is C10H6ClN5O. The molecule has 1 aromatic carbocycles. The zero-order valence-electron chi connectivity index (χ0n) is 8.46. The summed E-state index contributed by atoms with van der Waals surface area (Å²) in [6.45, 7) is 0. The molecule has 0 unspecified atom stereocenters. The molecule has 0 bridgehead atoms. The number of hydrogen-bond acceptors (Lipinski definition) is 5. The van der Waals surface area contributed by atoms with Gasteiger partial charge >= 0.3 is 0 Å². The molecule has 7 heteroatoms. The summed E-state index contributed by atoms with van der Waals surface area (Å²) in [6, 6.07) is 7.24. The maximum atomic E-state index is 6.03. The van der Waals surface area contributed by atoms with E-state index in [2.05, 4.69) is 25.3 Å². The Labute approximate surface area is 101 Å². The first-order valence-electron chi connectivity index (χ1n) is 4.79. The topological polar surface area (TPSA) is 80.5 Å². The van der Waals surface area contributed by atoms with Crippen LogP contribution in [0.3, 0.4) is 0 Å². The van der Waals surface area contributed by atoms with Crippen molar-refractivity contribution < 1.29 is 4.52 Å². The van der Waals surface area contributed by atoms with E-state index in [1.807, 2.05) is 12.1 Å². The highest BCUT2D eigenvalue weighted by molar-refractivity contribution is 6.33. The van der Waals surface area contributed by atoms with Gasteiger partial charge in [0.05, 0.1) is 10.6 Å². The van der Waals surface area contributed by atoms with E-state index in [-0.39, 0.29) is 0 Å². The summed E-state index contributed by atoms with van der Waals surface area (Å²) in [5.41, 5.74) is 0.687. The van der Waals surface area contributed by atoms with E-state index in [0.29, 0.717) is 28.1 Å². The van der Waals surface area contributed by atoms with Gasteiger partial charge in [0, 0.05) is 0 Å². The van der Waals surface area contributed by atoms with Crippen LogP contribution in [-0.2, 0) is 0 Å². The SMILES string of the molecule is Clc1ccccc1-c1nc(-c2ncn[nH]2)no1. The van der Waals surface area contributed by atoms with Crippen molar-refractivity contribution in [1.29, 1.82) is 0 Å². The maximum absolute atomic E-state index is 6.03. The first-order valence-corrected chi connectivity index (χ1v) is 5.17. The van der Waals surface area contributed by atoms with Gasteiger partial charge in [-0.15, -0.1) is 0 Å². The molecule has 2 heterocycles. The Kier molecular flexibility index (Phi) is 2.34. The third kappa shape index (κ3) is 1.78. The van der Waals surface area contributed by atoms with Crippen LogP contribution in [0.1, 0.15) is 0 Å². The molecule has 1 N–H and O–H groups in total. The summed E-state index contributed by atoms with van der Waals surface area (Å²) in [7, 11) is 0. The third-order valence-electron chi connectivity index (χ3n) is 2.16. The molecule has 0 aliphatic rings.